The number of ether oxygens (including phenoxy) is 1. The number of carboxylic acids is 1. The molecule has 25 heavy (non-hydrogen) atoms. The van der Waals surface area contributed by atoms with E-state index in [-0.39, 0.29) is 30.5 Å². The second kappa shape index (κ2) is 6.57. The van der Waals surface area contributed by atoms with Crippen LogP contribution >= 0.6 is 0 Å². The van der Waals surface area contributed by atoms with E-state index in [9.17, 15) is 27.9 Å². The topological polar surface area (TPSA) is 66.8 Å². The molecule has 1 aliphatic heterocycles. The molecule has 1 aliphatic carbocycles. The van der Waals surface area contributed by atoms with Gasteiger partial charge in [0.15, 0.2) is 0 Å². The molecule has 8 heteroatoms. The monoisotopic (exact) mass is 357 g/mol. The number of nitrogens with zero attached hydrogens (tertiary/aromatic N) is 1. The van der Waals surface area contributed by atoms with Gasteiger partial charge in [-0.05, 0) is 42.4 Å². The maximum atomic E-state index is 12.4. The van der Waals surface area contributed by atoms with E-state index < -0.39 is 18.2 Å². The minimum Gasteiger partial charge on any atom is -0.481 e. The molecular formula is C17H18F3NO4. The third-order valence-corrected chi connectivity index (χ3v) is 4.77. The van der Waals surface area contributed by atoms with Crippen LogP contribution in [-0.4, -0.2) is 41.3 Å². The van der Waals surface area contributed by atoms with E-state index in [1.165, 1.54) is 12.1 Å². The number of halogens is 3. The van der Waals surface area contributed by atoms with E-state index in [1.54, 1.807) is 4.90 Å². The van der Waals surface area contributed by atoms with Crippen molar-refractivity contribution >= 4 is 11.9 Å². The van der Waals surface area contributed by atoms with Crippen LogP contribution in [0.1, 0.15) is 18.4 Å². The van der Waals surface area contributed by atoms with Crippen LogP contribution in [0.4, 0.5) is 13.2 Å². The van der Waals surface area contributed by atoms with E-state index in [1.807, 2.05) is 0 Å². The number of hydrogen-bond acceptors (Lipinski definition) is 3. The molecule has 136 valence electrons. The molecule has 1 heterocycles. The fraction of sp³-hybridized carbons (Fsp3) is 0.529. The van der Waals surface area contributed by atoms with Gasteiger partial charge in [-0.25, -0.2) is 0 Å². The number of rotatable bonds is 5. The van der Waals surface area contributed by atoms with Gasteiger partial charge in [-0.1, -0.05) is 12.1 Å². The van der Waals surface area contributed by atoms with Crippen LogP contribution in [0.25, 0.3) is 0 Å². The number of carbonyl (C=O) groups is 2. The standard InChI is InChI=1S/C17H18F3NO4/c18-17(19,20)25-12-5-1-10(2-6-12)7-15(22)21-8-13(11-3-4-11)14(9-21)16(23)24/h1-2,5-6,11,13-14H,3-4,7-9H2,(H,23,24)/t13-,14+/m1/s1. The predicted molar refractivity (Wildman–Crippen MR) is 80.7 cm³/mol. The lowest BCUT2D eigenvalue weighted by atomic mass is 9.92. The Bertz CT molecular complexity index is 655. The summed E-state index contributed by atoms with van der Waals surface area (Å²) in [4.78, 5) is 25.3. The summed E-state index contributed by atoms with van der Waals surface area (Å²) in [6.45, 7) is 0.639. The predicted octanol–water partition coefficient (Wildman–Crippen LogP) is 2.70. The third kappa shape index (κ3) is 4.43. The fourth-order valence-electron chi connectivity index (χ4n) is 3.39. The average Bonchev–Trinajstić information content (AvgIpc) is 3.25. The molecular weight excluding hydrogens is 339 g/mol. The van der Waals surface area contributed by atoms with Crippen molar-refractivity contribution in [2.24, 2.45) is 17.8 Å². The van der Waals surface area contributed by atoms with Crippen LogP contribution in [-0.2, 0) is 16.0 Å². The second-order valence-electron chi connectivity index (χ2n) is 6.61. The quantitative estimate of drug-likeness (QED) is 0.880. The summed E-state index contributed by atoms with van der Waals surface area (Å²) in [6, 6.07) is 5.13. The van der Waals surface area contributed by atoms with Crippen molar-refractivity contribution in [2.75, 3.05) is 13.1 Å². The highest BCUT2D eigenvalue weighted by Gasteiger charge is 2.46. The van der Waals surface area contributed by atoms with Gasteiger partial charge in [-0.3, -0.25) is 9.59 Å². The molecule has 0 spiro atoms. The summed E-state index contributed by atoms with van der Waals surface area (Å²) >= 11 is 0. The molecule has 0 unspecified atom stereocenters. The second-order valence-corrected chi connectivity index (χ2v) is 6.61. The van der Waals surface area contributed by atoms with Gasteiger partial charge < -0.3 is 14.7 Å². The summed E-state index contributed by atoms with van der Waals surface area (Å²) in [7, 11) is 0. The highest BCUT2D eigenvalue weighted by atomic mass is 19.4. The molecule has 1 saturated carbocycles. The summed E-state index contributed by atoms with van der Waals surface area (Å²) in [5.41, 5.74) is 0.557. The fourth-order valence-corrected chi connectivity index (χ4v) is 3.39. The smallest absolute Gasteiger partial charge is 0.481 e. The highest BCUT2D eigenvalue weighted by molar-refractivity contribution is 5.81. The number of aliphatic carboxylic acids is 1. The van der Waals surface area contributed by atoms with E-state index in [0.29, 0.717) is 18.0 Å². The van der Waals surface area contributed by atoms with Crippen molar-refractivity contribution in [3.05, 3.63) is 29.8 Å². The number of likely N-dealkylation sites (tertiary alicyclic amines) is 1. The molecule has 2 atom stereocenters. The molecule has 3 rings (SSSR count). The molecule has 1 saturated heterocycles. The third-order valence-electron chi connectivity index (χ3n) is 4.77. The Kier molecular flexibility index (Phi) is 4.62. The number of carboxylic acid groups (broad SMARTS) is 1. The van der Waals surface area contributed by atoms with E-state index >= 15 is 0 Å². The SMILES string of the molecule is O=C(O)[C@H]1CN(C(=O)Cc2ccc(OC(F)(F)F)cc2)C[C@@H]1C1CC1. The molecule has 1 aromatic rings. The zero-order chi connectivity index (χ0) is 18.2. The van der Waals surface area contributed by atoms with Crippen LogP contribution in [0.2, 0.25) is 0 Å². The normalized spacial score (nSPS) is 23.6. The largest absolute Gasteiger partial charge is 0.573 e. The molecule has 0 radical (unpaired) electrons. The van der Waals surface area contributed by atoms with E-state index in [0.717, 1.165) is 25.0 Å². The van der Waals surface area contributed by atoms with Gasteiger partial charge in [0.25, 0.3) is 0 Å². The maximum Gasteiger partial charge on any atom is 0.573 e. The number of amides is 1. The van der Waals surface area contributed by atoms with Crippen LogP contribution < -0.4 is 4.74 Å². The van der Waals surface area contributed by atoms with Crippen molar-refractivity contribution in [3.63, 3.8) is 0 Å². The van der Waals surface area contributed by atoms with Gasteiger partial charge in [0.05, 0.1) is 12.3 Å². The summed E-state index contributed by atoms with van der Waals surface area (Å²) < 4.78 is 40.2. The van der Waals surface area contributed by atoms with Crippen molar-refractivity contribution in [1.29, 1.82) is 0 Å². The zero-order valence-corrected chi connectivity index (χ0v) is 13.3. The molecule has 2 aliphatic rings. The Morgan fingerprint density at radius 1 is 1.16 bits per heavy atom. The zero-order valence-electron chi connectivity index (χ0n) is 13.3. The molecule has 1 aromatic carbocycles. The number of hydrogen-bond donors (Lipinski definition) is 1. The minimum absolute atomic E-state index is 0.00371. The van der Waals surface area contributed by atoms with Gasteiger partial charge in [0.2, 0.25) is 5.91 Å². The van der Waals surface area contributed by atoms with Crippen LogP contribution in [0.5, 0.6) is 5.75 Å². The van der Waals surface area contributed by atoms with Gasteiger partial charge in [-0.15, -0.1) is 13.2 Å². The van der Waals surface area contributed by atoms with Crippen LogP contribution in [0.3, 0.4) is 0 Å². The van der Waals surface area contributed by atoms with Gasteiger partial charge in [0, 0.05) is 13.1 Å². The maximum absolute atomic E-state index is 12.4. The lowest BCUT2D eigenvalue weighted by Crippen LogP contribution is -2.31. The Morgan fingerprint density at radius 3 is 2.32 bits per heavy atom. The molecule has 2 fully saturated rings. The van der Waals surface area contributed by atoms with Gasteiger partial charge >= 0.3 is 12.3 Å². The van der Waals surface area contributed by atoms with Crippen LogP contribution in [0, 0.1) is 17.8 Å². The van der Waals surface area contributed by atoms with Crippen molar-refractivity contribution in [2.45, 2.75) is 25.6 Å². The van der Waals surface area contributed by atoms with Crippen LogP contribution in [0.15, 0.2) is 24.3 Å². The summed E-state index contributed by atoms with van der Waals surface area (Å²) in [6.07, 6.45) is -2.71. The Hall–Kier alpha value is -2.25. The van der Waals surface area contributed by atoms with Crippen molar-refractivity contribution < 1.29 is 32.6 Å². The van der Waals surface area contributed by atoms with Gasteiger partial charge in [0.1, 0.15) is 5.75 Å². The van der Waals surface area contributed by atoms with Crippen molar-refractivity contribution in [1.82, 2.24) is 4.90 Å². The Labute approximate surface area is 142 Å². The molecule has 0 bridgehead atoms. The Balaban J connectivity index is 1.59. The first-order chi connectivity index (χ1) is 11.7. The van der Waals surface area contributed by atoms with Crippen molar-refractivity contribution in [3.8, 4) is 5.75 Å². The Morgan fingerprint density at radius 2 is 1.80 bits per heavy atom. The highest BCUT2D eigenvalue weighted by Crippen LogP contribution is 2.44. The number of benzene rings is 1. The summed E-state index contributed by atoms with van der Waals surface area (Å²) in [5.74, 6) is -1.56. The molecule has 0 aromatic heterocycles. The van der Waals surface area contributed by atoms with E-state index in [4.69, 9.17) is 0 Å². The average molecular weight is 357 g/mol. The minimum atomic E-state index is -4.75. The molecule has 1 N–H and O–H groups in total. The number of carbonyl (C=O) groups excluding carboxylic acids is 1. The van der Waals surface area contributed by atoms with E-state index in [2.05, 4.69) is 4.74 Å². The van der Waals surface area contributed by atoms with Gasteiger partial charge in [-0.2, -0.15) is 0 Å². The first-order valence-corrected chi connectivity index (χ1v) is 8.08. The molecule has 1 amide bonds. The first-order valence-electron chi connectivity index (χ1n) is 8.08. The molecule has 5 nitrogen and oxygen atoms in total. The first kappa shape index (κ1) is 17.6. The lowest BCUT2D eigenvalue weighted by Gasteiger charge is -2.16. The number of alkyl halides is 3. The summed E-state index contributed by atoms with van der Waals surface area (Å²) in [5, 5.41) is 9.33. The lowest BCUT2D eigenvalue weighted by molar-refractivity contribution is -0.274.